The third kappa shape index (κ3) is 2.92. The highest BCUT2D eigenvalue weighted by molar-refractivity contribution is 6.00. The summed E-state index contributed by atoms with van der Waals surface area (Å²) >= 11 is 0. The lowest BCUT2D eigenvalue weighted by Crippen LogP contribution is -2.36. The molecular formula is C25H24FNO3. The van der Waals surface area contributed by atoms with E-state index in [1.165, 1.54) is 17.7 Å². The third-order valence-electron chi connectivity index (χ3n) is 6.40. The van der Waals surface area contributed by atoms with Gasteiger partial charge in [-0.15, -0.1) is 0 Å². The van der Waals surface area contributed by atoms with Gasteiger partial charge in [0.1, 0.15) is 5.82 Å². The molecule has 0 bridgehead atoms. The van der Waals surface area contributed by atoms with Crippen LogP contribution < -0.4 is 9.47 Å². The molecule has 1 atom stereocenters. The SMILES string of the molecule is COc1cc2c(cc1OC)C1=C[C@@H](c3ccc(F)cc3)C3=C(CCCC3=O)N1CC2. The van der Waals surface area contributed by atoms with E-state index in [0.717, 1.165) is 59.7 Å². The molecule has 5 heteroatoms. The molecule has 30 heavy (non-hydrogen) atoms. The number of methoxy groups -OCH3 is 2. The van der Waals surface area contributed by atoms with Crippen LogP contribution in [-0.2, 0) is 11.2 Å². The average molecular weight is 405 g/mol. The molecule has 2 heterocycles. The summed E-state index contributed by atoms with van der Waals surface area (Å²) in [5.41, 5.74) is 6.35. The second kappa shape index (κ2) is 7.31. The summed E-state index contributed by atoms with van der Waals surface area (Å²) in [6.07, 6.45) is 5.38. The zero-order chi connectivity index (χ0) is 20.8. The van der Waals surface area contributed by atoms with Crippen LogP contribution in [0.1, 0.15) is 41.9 Å². The first-order chi connectivity index (χ1) is 14.6. The Morgan fingerprint density at radius 1 is 1.00 bits per heavy atom. The van der Waals surface area contributed by atoms with Gasteiger partial charge in [-0.3, -0.25) is 4.79 Å². The van der Waals surface area contributed by atoms with Gasteiger partial charge in [0.25, 0.3) is 0 Å². The monoisotopic (exact) mass is 405 g/mol. The van der Waals surface area contributed by atoms with Crippen LogP contribution in [0.5, 0.6) is 11.5 Å². The molecular weight excluding hydrogens is 381 g/mol. The molecule has 0 saturated carbocycles. The van der Waals surface area contributed by atoms with Gasteiger partial charge in [0.05, 0.1) is 14.2 Å². The van der Waals surface area contributed by atoms with Crippen molar-refractivity contribution in [3.63, 3.8) is 0 Å². The van der Waals surface area contributed by atoms with Crippen LogP contribution in [0.4, 0.5) is 4.39 Å². The lowest BCUT2D eigenvalue weighted by molar-refractivity contribution is -0.116. The van der Waals surface area contributed by atoms with Gasteiger partial charge >= 0.3 is 0 Å². The number of fused-ring (bicyclic) bond motifs is 4. The Bertz CT molecular complexity index is 1080. The van der Waals surface area contributed by atoms with Gasteiger partial charge in [0, 0.05) is 41.4 Å². The van der Waals surface area contributed by atoms with Crippen molar-refractivity contribution in [1.82, 2.24) is 4.90 Å². The fraction of sp³-hybridized carbons (Fsp3) is 0.320. The molecule has 0 saturated heterocycles. The molecule has 0 amide bonds. The predicted molar refractivity (Wildman–Crippen MR) is 113 cm³/mol. The predicted octanol–water partition coefficient (Wildman–Crippen LogP) is 4.85. The Hall–Kier alpha value is -3.08. The molecule has 4 nitrogen and oxygen atoms in total. The molecule has 0 fully saturated rings. The number of nitrogens with zero attached hydrogens (tertiary/aromatic N) is 1. The highest BCUT2D eigenvalue weighted by atomic mass is 19.1. The Morgan fingerprint density at radius 2 is 1.73 bits per heavy atom. The molecule has 2 aromatic rings. The van der Waals surface area contributed by atoms with E-state index in [1.807, 2.05) is 6.07 Å². The average Bonchev–Trinajstić information content (AvgIpc) is 2.78. The first kappa shape index (κ1) is 18.9. The Kier molecular flexibility index (Phi) is 4.61. The van der Waals surface area contributed by atoms with Gasteiger partial charge in [-0.25, -0.2) is 4.39 Å². The van der Waals surface area contributed by atoms with Gasteiger partial charge < -0.3 is 14.4 Å². The number of rotatable bonds is 3. The topological polar surface area (TPSA) is 38.8 Å². The van der Waals surface area contributed by atoms with Crippen molar-refractivity contribution in [3.05, 3.63) is 76.3 Å². The first-order valence-corrected chi connectivity index (χ1v) is 10.4. The van der Waals surface area contributed by atoms with Crippen molar-refractivity contribution in [2.24, 2.45) is 0 Å². The van der Waals surface area contributed by atoms with E-state index in [9.17, 15) is 9.18 Å². The van der Waals surface area contributed by atoms with Crippen molar-refractivity contribution >= 4 is 11.5 Å². The molecule has 0 unspecified atom stereocenters. The fourth-order valence-electron chi connectivity index (χ4n) is 4.98. The number of carbonyl (C=O) groups is 1. The van der Waals surface area contributed by atoms with Gasteiger partial charge in [0.15, 0.2) is 17.3 Å². The van der Waals surface area contributed by atoms with E-state index < -0.39 is 0 Å². The van der Waals surface area contributed by atoms with Crippen molar-refractivity contribution in [2.75, 3.05) is 20.8 Å². The number of Topliss-reactive ketones (excluding diaryl/α,β-unsaturated/α-hetero) is 1. The summed E-state index contributed by atoms with van der Waals surface area (Å²) in [5.74, 6) is 1.19. The molecule has 3 aliphatic rings. The summed E-state index contributed by atoms with van der Waals surface area (Å²) in [4.78, 5) is 15.3. The quantitative estimate of drug-likeness (QED) is 0.732. The van der Waals surface area contributed by atoms with Gasteiger partial charge in [-0.05, 0) is 60.7 Å². The van der Waals surface area contributed by atoms with Crippen LogP contribution in [0, 0.1) is 5.82 Å². The summed E-state index contributed by atoms with van der Waals surface area (Å²) in [6.45, 7) is 0.830. The normalized spacial score (nSPS) is 20.2. The summed E-state index contributed by atoms with van der Waals surface area (Å²) in [7, 11) is 3.29. The smallest absolute Gasteiger partial charge is 0.161 e. The van der Waals surface area contributed by atoms with Crippen LogP contribution in [0.2, 0.25) is 0 Å². The summed E-state index contributed by atoms with van der Waals surface area (Å²) in [6, 6.07) is 10.6. The second-order valence-corrected chi connectivity index (χ2v) is 7.98. The van der Waals surface area contributed by atoms with Crippen molar-refractivity contribution < 1.29 is 18.7 Å². The van der Waals surface area contributed by atoms with Crippen molar-refractivity contribution in [1.29, 1.82) is 0 Å². The number of carbonyl (C=O) groups excluding carboxylic acids is 1. The minimum atomic E-state index is -0.271. The van der Waals surface area contributed by atoms with Gasteiger partial charge in [-0.1, -0.05) is 12.1 Å². The highest BCUT2D eigenvalue weighted by Crippen LogP contribution is 2.48. The molecule has 0 spiro atoms. The molecule has 2 aliphatic heterocycles. The first-order valence-electron chi connectivity index (χ1n) is 10.4. The minimum Gasteiger partial charge on any atom is -0.493 e. The lowest BCUT2D eigenvalue weighted by atomic mass is 9.77. The third-order valence-corrected chi connectivity index (χ3v) is 6.40. The minimum absolute atomic E-state index is 0.168. The zero-order valence-corrected chi connectivity index (χ0v) is 17.2. The van der Waals surface area contributed by atoms with Crippen LogP contribution in [0.25, 0.3) is 5.70 Å². The van der Waals surface area contributed by atoms with Crippen LogP contribution >= 0.6 is 0 Å². The van der Waals surface area contributed by atoms with Crippen LogP contribution in [-0.4, -0.2) is 31.4 Å². The Morgan fingerprint density at radius 3 is 2.47 bits per heavy atom. The van der Waals surface area contributed by atoms with Gasteiger partial charge in [-0.2, -0.15) is 0 Å². The van der Waals surface area contributed by atoms with Crippen LogP contribution in [0.15, 0.2) is 53.7 Å². The second-order valence-electron chi connectivity index (χ2n) is 7.98. The maximum atomic E-state index is 13.6. The molecule has 0 N–H and O–H groups in total. The zero-order valence-electron chi connectivity index (χ0n) is 17.2. The Balaban J connectivity index is 1.69. The molecule has 1 aliphatic carbocycles. The van der Waals surface area contributed by atoms with Crippen molar-refractivity contribution in [3.8, 4) is 11.5 Å². The van der Waals surface area contributed by atoms with Crippen molar-refractivity contribution in [2.45, 2.75) is 31.6 Å². The van der Waals surface area contributed by atoms with Crippen LogP contribution in [0.3, 0.4) is 0 Å². The van der Waals surface area contributed by atoms with E-state index in [4.69, 9.17) is 9.47 Å². The number of ketones is 1. The van der Waals surface area contributed by atoms with E-state index in [-0.39, 0.29) is 17.5 Å². The molecule has 5 rings (SSSR count). The van der Waals surface area contributed by atoms with E-state index in [0.29, 0.717) is 12.2 Å². The fourth-order valence-corrected chi connectivity index (χ4v) is 4.98. The van der Waals surface area contributed by atoms with E-state index in [1.54, 1.807) is 26.4 Å². The number of halogens is 1. The Labute approximate surface area is 175 Å². The number of hydrogen-bond acceptors (Lipinski definition) is 4. The number of ether oxygens (including phenoxy) is 2. The van der Waals surface area contributed by atoms with E-state index in [2.05, 4.69) is 17.0 Å². The van der Waals surface area contributed by atoms with E-state index >= 15 is 0 Å². The molecule has 2 aromatic carbocycles. The number of hydrogen-bond donors (Lipinski definition) is 0. The largest absolute Gasteiger partial charge is 0.493 e. The maximum absolute atomic E-state index is 13.6. The molecule has 0 aromatic heterocycles. The number of benzene rings is 2. The lowest BCUT2D eigenvalue weighted by Gasteiger charge is -2.43. The maximum Gasteiger partial charge on any atom is 0.161 e. The highest BCUT2D eigenvalue weighted by Gasteiger charge is 2.37. The molecule has 0 radical (unpaired) electrons. The number of allylic oxidation sites excluding steroid dienone is 3. The van der Waals surface area contributed by atoms with Gasteiger partial charge in [0.2, 0.25) is 0 Å². The standard InChI is InChI=1S/C25H24FNO3/c1-29-23-12-16-10-11-27-20-4-3-5-22(28)25(20)19(15-6-8-17(26)9-7-15)13-21(27)18(16)14-24(23)30-2/h6-9,12-14,19H,3-5,10-11H2,1-2H3/t19-/m0/s1. The molecule has 154 valence electrons. The summed E-state index contributed by atoms with van der Waals surface area (Å²) < 4.78 is 24.6. The summed E-state index contributed by atoms with van der Waals surface area (Å²) in [5, 5.41) is 0.